The number of ether oxygens (including phenoxy) is 2. The molecular weight excluding hydrogens is 437 g/mol. The van der Waals surface area contributed by atoms with Crippen molar-refractivity contribution in [2.24, 2.45) is 11.3 Å². The van der Waals surface area contributed by atoms with Crippen molar-refractivity contribution in [2.45, 2.75) is 46.3 Å². The number of alkyl halides is 2. The van der Waals surface area contributed by atoms with Crippen molar-refractivity contribution in [2.75, 3.05) is 25.0 Å². The molecule has 0 spiro atoms. The van der Waals surface area contributed by atoms with Crippen molar-refractivity contribution in [3.63, 3.8) is 0 Å². The van der Waals surface area contributed by atoms with Gasteiger partial charge in [-0.1, -0.05) is 19.1 Å². The Kier molecular flexibility index (Phi) is 7.39. The van der Waals surface area contributed by atoms with E-state index in [1.807, 2.05) is 6.92 Å². The number of anilines is 1. The highest BCUT2D eigenvalue weighted by Crippen LogP contribution is 2.45. The van der Waals surface area contributed by atoms with E-state index in [9.17, 15) is 22.8 Å². The van der Waals surface area contributed by atoms with Gasteiger partial charge in [0.25, 0.3) is 0 Å². The molecule has 3 rings (SSSR count). The smallest absolute Gasteiger partial charge is 0.387 e. The SMILES string of the molecule is CC(C)OC1=C(OC(F)F)C=CC(C)(C2CC(=O)N(CC(=O)N(C)c3cccc(F)c3)C2)C1. The van der Waals surface area contributed by atoms with Gasteiger partial charge in [0.1, 0.15) is 18.1 Å². The predicted molar refractivity (Wildman–Crippen MR) is 117 cm³/mol. The zero-order chi connectivity index (χ0) is 24.3. The third kappa shape index (κ3) is 5.89. The number of hydrogen-bond acceptors (Lipinski definition) is 4. The molecule has 1 aromatic rings. The summed E-state index contributed by atoms with van der Waals surface area (Å²) in [7, 11) is 1.53. The minimum absolute atomic E-state index is 0.00995. The van der Waals surface area contributed by atoms with Gasteiger partial charge in [0, 0.05) is 32.1 Å². The zero-order valence-corrected chi connectivity index (χ0v) is 19.2. The Morgan fingerprint density at radius 3 is 2.67 bits per heavy atom. The summed E-state index contributed by atoms with van der Waals surface area (Å²) in [5.41, 5.74) is -0.140. The van der Waals surface area contributed by atoms with E-state index in [4.69, 9.17) is 4.74 Å². The quantitative estimate of drug-likeness (QED) is 0.567. The van der Waals surface area contributed by atoms with Crippen LogP contribution in [0.25, 0.3) is 0 Å². The summed E-state index contributed by atoms with van der Waals surface area (Å²) in [6.07, 6.45) is 3.54. The second-order valence-electron chi connectivity index (χ2n) is 8.96. The van der Waals surface area contributed by atoms with Crippen molar-refractivity contribution in [3.05, 3.63) is 53.8 Å². The topological polar surface area (TPSA) is 59.1 Å². The normalized spacial score (nSPS) is 23.0. The predicted octanol–water partition coefficient (Wildman–Crippen LogP) is 4.48. The number of rotatable bonds is 8. The summed E-state index contributed by atoms with van der Waals surface area (Å²) >= 11 is 0. The first-order chi connectivity index (χ1) is 15.5. The third-order valence-corrected chi connectivity index (χ3v) is 6.07. The molecule has 0 aromatic heterocycles. The van der Waals surface area contributed by atoms with Crippen molar-refractivity contribution in [3.8, 4) is 0 Å². The molecule has 1 aliphatic carbocycles. The number of nitrogens with zero attached hydrogens (tertiary/aromatic N) is 2. The summed E-state index contributed by atoms with van der Waals surface area (Å²) in [6, 6.07) is 5.67. The van der Waals surface area contributed by atoms with Gasteiger partial charge in [-0.3, -0.25) is 9.59 Å². The second kappa shape index (κ2) is 9.89. The molecule has 0 saturated carbocycles. The van der Waals surface area contributed by atoms with E-state index in [-0.39, 0.29) is 42.6 Å². The van der Waals surface area contributed by atoms with E-state index >= 15 is 0 Å². The minimum Gasteiger partial charge on any atom is -0.491 e. The van der Waals surface area contributed by atoms with Gasteiger partial charge in [-0.05, 0) is 49.5 Å². The molecule has 1 saturated heterocycles. The molecule has 1 heterocycles. The first kappa shape index (κ1) is 24.7. The number of amides is 2. The molecule has 180 valence electrons. The number of allylic oxidation sites excluding steroid dienone is 3. The molecule has 2 atom stereocenters. The highest BCUT2D eigenvalue weighted by molar-refractivity contribution is 5.96. The molecule has 2 aliphatic rings. The molecule has 9 heteroatoms. The fourth-order valence-corrected chi connectivity index (χ4v) is 4.18. The summed E-state index contributed by atoms with van der Waals surface area (Å²) in [5, 5.41) is 0. The Morgan fingerprint density at radius 2 is 2.03 bits per heavy atom. The summed E-state index contributed by atoms with van der Waals surface area (Å²) in [6.45, 7) is 2.77. The number of carbonyl (C=O) groups excluding carboxylic acids is 2. The van der Waals surface area contributed by atoms with E-state index in [1.165, 1.54) is 41.1 Å². The summed E-state index contributed by atoms with van der Waals surface area (Å²) in [4.78, 5) is 28.2. The summed E-state index contributed by atoms with van der Waals surface area (Å²) < 4.78 is 49.5. The fraction of sp³-hybridized carbons (Fsp3) is 0.500. The van der Waals surface area contributed by atoms with E-state index in [0.717, 1.165) is 0 Å². The molecule has 1 aliphatic heterocycles. The van der Waals surface area contributed by atoms with Crippen LogP contribution >= 0.6 is 0 Å². The maximum atomic E-state index is 13.5. The molecular formula is C24H29F3N2O4. The standard InChI is InChI=1S/C24H29F3N2O4/c1-15(2)32-20-12-24(3,9-8-19(20)33-23(26)27)16-10-21(30)29(13-16)14-22(31)28(4)18-7-5-6-17(25)11-18/h5-9,11,15-16,23H,10,12-14H2,1-4H3. The van der Waals surface area contributed by atoms with Gasteiger partial charge in [-0.15, -0.1) is 0 Å². The van der Waals surface area contributed by atoms with Gasteiger partial charge >= 0.3 is 6.61 Å². The maximum absolute atomic E-state index is 13.5. The van der Waals surface area contributed by atoms with Crippen LogP contribution in [-0.2, 0) is 19.1 Å². The molecule has 0 bridgehead atoms. The molecule has 0 radical (unpaired) electrons. The summed E-state index contributed by atoms with van der Waals surface area (Å²) in [5.74, 6) is -0.792. The number of carbonyl (C=O) groups is 2. The van der Waals surface area contributed by atoms with Crippen molar-refractivity contribution < 1.29 is 32.2 Å². The lowest BCUT2D eigenvalue weighted by Crippen LogP contribution is -2.40. The van der Waals surface area contributed by atoms with Crippen LogP contribution in [0.5, 0.6) is 0 Å². The van der Waals surface area contributed by atoms with Crippen LogP contribution in [0.4, 0.5) is 18.9 Å². The third-order valence-electron chi connectivity index (χ3n) is 6.07. The van der Waals surface area contributed by atoms with Crippen molar-refractivity contribution in [1.82, 2.24) is 4.90 Å². The van der Waals surface area contributed by atoms with Crippen molar-refractivity contribution >= 4 is 17.5 Å². The van der Waals surface area contributed by atoms with Crippen LogP contribution in [0.1, 0.15) is 33.6 Å². The molecule has 1 aromatic carbocycles. The van der Waals surface area contributed by atoms with E-state index in [1.54, 1.807) is 26.0 Å². The van der Waals surface area contributed by atoms with E-state index < -0.39 is 17.8 Å². The van der Waals surface area contributed by atoms with Crippen LogP contribution in [-0.4, -0.2) is 49.6 Å². The Hall–Kier alpha value is -2.97. The maximum Gasteiger partial charge on any atom is 0.387 e. The highest BCUT2D eigenvalue weighted by Gasteiger charge is 2.44. The van der Waals surface area contributed by atoms with E-state index in [2.05, 4.69) is 4.74 Å². The van der Waals surface area contributed by atoms with Gasteiger partial charge in [0.05, 0.1) is 6.10 Å². The molecule has 1 fully saturated rings. The first-order valence-electron chi connectivity index (χ1n) is 10.8. The van der Waals surface area contributed by atoms with Gasteiger partial charge in [0.15, 0.2) is 5.76 Å². The Morgan fingerprint density at radius 1 is 1.30 bits per heavy atom. The number of benzene rings is 1. The number of likely N-dealkylation sites (tertiary alicyclic amines) is 1. The molecule has 33 heavy (non-hydrogen) atoms. The monoisotopic (exact) mass is 466 g/mol. The average molecular weight is 467 g/mol. The van der Waals surface area contributed by atoms with Gasteiger partial charge in [-0.2, -0.15) is 8.78 Å². The number of likely N-dealkylation sites (N-methyl/N-ethyl adjacent to an activating group) is 1. The van der Waals surface area contributed by atoms with Crippen LogP contribution < -0.4 is 4.90 Å². The lowest BCUT2D eigenvalue weighted by Gasteiger charge is -2.36. The molecule has 2 amide bonds. The zero-order valence-electron chi connectivity index (χ0n) is 19.2. The van der Waals surface area contributed by atoms with Crippen LogP contribution in [0, 0.1) is 17.2 Å². The minimum atomic E-state index is -2.97. The highest BCUT2D eigenvalue weighted by atomic mass is 19.3. The van der Waals surface area contributed by atoms with Gasteiger partial charge < -0.3 is 19.3 Å². The van der Waals surface area contributed by atoms with Crippen LogP contribution in [0.15, 0.2) is 47.9 Å². The second-order valence-corrected chi connectivity index (χ2v) is 8.96. The largest absolute Gasteiger partial charge is 0.491 e. The van der Waals surface area contributed by atoms with Gasteiger partial charge in [-0.25, -0.2) is 4.39 Å². The molecule has 6 nitrogen and oxygen atoms in total. The lowest BCUT2D eigenvalue weighted by atomic mass is 9.71. The first-order valence-corrected chi connectivity index (χ1v) is 10.8. The molecule has 0 N–H and O–H groups in total. The fourth-order valence-electron chi connectivity index (χ4n) is 4.18. The van der Waals surface area contributed by atoms with Gasteiger partial charge in [0.2, 0.25) is 11.8 Å². The number of halogens is 3. The Balaban J connectivity index is 1.69. The Bertz CT molecular complexity index is 963. The van der Waals surface area contributed by atoms with Crippen molar-refractivity contribution in [1.29, 1.82) is 0 Å². The van der Waals surface area contributed by atoms with Crippen LogP contribution in [0.2, 0.25) is 0 Å². The van der Waals surface area contributed by atoms with E-state index in [0.29, 0.717) is 24.4 Å². The molecule has 2 unspecified atom stereocenters. The number of hydrogen-bond donors (Lipinski definition) is 0. The lowest BCUT2D eigenvalue weighted by molar-refractivity contribution is -0.132. The van der Waals surface area contributed by atoms with Crippen LogP contribution in [0.3, 0.4) is 0 Å². The Labute approximate surface area is 191 Å². The average Bonchev–Trinajstić information content (AvgIpc) is 3.10.